The molecule has 1 fully saturated rings. The third-order valence-corrected chi connectivity index (χ3v) is 5.39. The molecule has 0 saturated carbocycles. The second kappa shape index (κ2) is 7.74. The van der Waals surface area contributed by atoms with Gasteiger partial charge in [0.15, 0.2) is 0 Å². The average molecular weight is 413 g/mol. The van der Waals surface area contributed by atoms with Gasteiger partial charge in [0.05, 0.1) is 0 Å². The number of nitrogens with zero attached hydrogens (tertiary/aromatic N) is 2. The summed E-state index contributed by atoms with van der Waals surface area (Å²) in [7, 11) is 0. The minimum Gasteiger partial charge on any atom is -0.423 e. The number of halogens is 1. The van der Waals surface area contributed by atoms with Crippen LogP contribution >= 0.6 is 15.9 Å². The minimum atomic E-state index is -0.284. The van der Waals surface area contributed by atoms with Crippen molar-refractivity contribution in [3.8, 4) is 0 Å². The summed E-state index contributed by atoms with van der Waals surface area (Å²) < 4.78 is 6.26. The molecule has 0 bridgehead atoms. The van der Waals surface area contributed by atoms with E-state index in [-0.39, 0.29) is 5.63 Å². The van der Waals surface area contributed by atoms with Crippen molar-refractivity contribution in [3.63, 3.8) is 0 Å². The van der Waals surface area contributed by atoms with E-state index in [1.54, 1.807) is 6.07 Å². The summed E-state index contributed by atoms with van der Waals surface area (Å²) >= 11 is 3.44. The molecule has 0 amide bonds. The molecular weight excluding hydrogens is 392 g/mol. The van der Waals surface area contributed by atoms with E-state index in [0.29, 0.717) is 5.58 Å². The van der Waals surface area contributed by atoms with Gasteiger partial charge in [0.25, 0.3) is 0 Å². The topological polar surface area (TPSA) is 36.7 Å². The predicted octanol–water partition coefficient (Wildman–Crippen LogP) is 3.87. The van der Waals surface area contributed by atoms with Gasteiger partial charge < -0.3 is 4.42 Å². The molecule has 3 aromatic rings. The molecule has 2 heterocycles. The molecule has 1 saturated heterocycles. The lowest BCUT2D eigenvalue weighted by Crippen LogP contribution is -2.45. The molecule has 1 aliphatic rings. The SMILES string of the molecule is O=c1cc(CN2CCN(Cc3ccccc3)CC2)c2ccc(Br)cc2o1. The highest BCUT2D eigenvalue weighted by molar-refractivity contribution is 9.10. The molecule has 1 aliphatic heterocycles. The van der Waals surface area contributed by atoms with Crippen LogP contribution in [0.2, 0.25) is 0 Å². The molecule has 5 heteroatoms. The van der Waals surface area contributed by atoms with Gasteiger partial charge in [-0.15, -0.1) is 0 Å². The summed E-state index contributed by atoms with van der Waals surface area (Å²) in [5.41, 5.74) is 2.76. The van der Waals surface area contributed by atoms with E-state index in [1.807, 2.05) is 18.2 Å². The van der Waals surface area contributed by atoms with Crippen LogP contribution in [0.4, 0.5) is 0 Å². The smallest absolute Gasteiger partial charge is 0.336 e. The fourth-order valence-corrected chi connectivity index (χ4v) is 3.86. The van der Waals surface area contributed by atoms with Crippen molar-refractivity contribution in [2.24, 2.45) is 0 Å². The fraction of sp³-hybridized carbons (Fsp3) is 0.286. The normalized spacial score (nSPS) is 16.2. The van der Waals surface area contributed by atoms with Gasteiger partial charge in [0.2, 0.25) is 0 Å². The molecule has 0 unspecified atom stereocenters. The second-order valence-corrected chi connectivity index (χ2v) is 7.68. The first kappa shape index (κ1) is 17.5. The molecule has 4 rings (SSSR count). The molecule has 1 aromatic heterocycles. The van der Waals surface area contributed by atoms with Gasteiger partial charge in [-0.1, -0.05) is 46.3 Å². The molecule has 0 radical (unpaired) electrons. The lowest BCUT2D eigenvalue weighted by atomic mass is 10.1. The van der Waals surface area contributed by atoms with Crippen LogP contribution in [0.1, 0.15) is 11.1 Å². The van der Waals surface area contributed by atoms with Crippen LogP contribution in [0.25, 0.3) is 11.0 Å². The number of rotatable bonds is 4. The van der Waals surface area contributed by atoms with E-state index in [0.717, 1.165) is 54.7 Å². The maximum atomic E-state index is 11.9. The summed E-state index contributed by atoms with van der Waals surface area (Å²) in [5, 5.41) is 1.01. The van der Waals surface area contributed by atoms with Gasteiger partial charge in [0.1, 0.15) is 5.58 Å². The third-order valence-electron chi connectivity index (χ3n) is 4.90. The highest BCUT2D eigenvalue weighted by Crippen LogP contribution is 2.23. The highest BCUT2D eigenvalue weighted by Gasteiger charge is 2.18. The van der Waals surface area contributed by atoms with Crippen LogP contribution in [0, 0.1) is 0 Å². The summed E-state index contributed by atoms with van der Waals surface area (Å²) in [6, 6.07) is 18.1. The highest BCUT2D eigenvalue weighted by atomic mass is 79.9. The summed E-state index contributed by atoms with van der Waals surface area (Å²) in [4.78, 5) is 16.8. The van der Waals surface area contributed by atoms with Gasteiger partial charge in [-0.2, -0.15) is 0 Å². The van der Waals surface area contributed by atoms with Crippen LogP contribution in [-0.4, -0.2) is 36.0 Å². The van der Waals surface area contributed by atoms with E-state index in [2.05, 4.69) is 56.1 Å². The van der Waals surface area contributed by atoms with Crippen LogP contribution in [0.15, 0.2) is 68.3 Å². The Labute approximate surface area is 161 Å². The fourth-order valence-electron chi connectivity index (χ4n) is 3.52. The van der Waals surface area contributed by atoms with Crippen LogP contribution < -0.4 is 5.63 Å². The second-order valence-electron chi connectivity index (χ2n) is 6.77. The molecule has 0 atom stereocenters. The number of hydrogen-bond donors (Lipinski definition) is 0. The Hall–Kier alpha value is -1.95. The molecule has 0 aliphatic carbocycles. The Kier molecular flexibility index (Phi) is 5.20. The Morgan fingerprint density at radius 1 is 0.885 bits per heavy atom. The quantitative estimate of drug-likeness (QED) is 0.609. The Morgan fingerprint density at radius 3 is 2.31 bits per heavy atom. The first-order valence-electron chi connectivity index (χ1n) is 8.88. The van der Waals surface area contributed by atoms with Crippen molar-refractivity contribution in [2.75, 3.05) is 26.2 Å². The molecule has 0 spiro atoms. The van der Waals surface area contributed by atoms with E-state index >= 15 is 0 Å². The van der Waals surface area contributed by atoms with Gasteiger partial charge in [-0.05, 0) is 29.3 Å². The molecule has 4 nitrogen and oxygen atoms in total. The maximum Gasteiger partial charge on any atom is 0.336 e. The largest absolute Gasteiger partial charge is 0.423 e. The molecule has 134 valence electrons. The van der Waals surface area contributed by atoms with Gasteiger partial charge in [0, 0.05) is 55.2 Å². The summed E-state index contributed by atoms with van der Waals surface area (Å²) in [6.07, 6.45) is 0. The molecule has 2 aromatic carbocycles. The Bertz CT molecular complexity index is 947. The van der Waals surface area contributed by atoms with Crippen LogP contribution in [-0.2, 0) is 13.1 Å². The number of benzene rings is 2. The third kappa shape index (κ3) is 4.06. The summed E-state index contributed by atoms with van der Waals surface area (Å²) in [6.45, 7) is 5.87. The van der Waals surface area contributed by atoms with Crippen LogP contribution in [0.5, 0.6) is 0 Å². The van der Waals surface area contributed by atoms with E-state index in [4.69, 9.17) is 4.42 Å². The Balaban J connectivity index is 1.43. The number of hydrogen-bond acceptors (Lipinski definition) is 4. The average Bonchev–Trinajstić information content (AvgIpc) is 2.64. The number of piperazine rings is 1. The zero-order valence-corrected chi connectivity index (χ0v) is 16.1. The van der Waals surface area contributed by atoms with Crippen molar-refractivity contribution in [3.05, 3.63) is 80.6 Å². The zero-order chi connectivity index (χ0) is 17.9. The van der Waals surface area contributed by atoms with Crippen molar-refractivity contribution in [1.29, 1.82) is 0 Å². The van der Waals surface area contributed by atoms with E-state index in [9.17, 15) is 4.79 Å². The minimum absolute atomic E-state index is 0.284. The predicted molar refractivity (Wildman–Crippen MR) is 107 cm³/mol. The van der Waals surface area contributed by atoms with Gasteiger partial charge >= 0.3 is 5.63 Å². The van der Waals surface area contributed by atoms with E-state index < -0.39 is 0 Å². The molecule has 26 heavy (non-hydrogen) atoms. The van der Waals surface area contributed by atoms with Crippen LogP contribution in [0.3, 0.4) is 0 Å². The van der Waals surface area contributed by atoms with Crippen molar-refractivity contribution in [2.45, 2.75) is 13.1 Å². The van der Waals surface area contributed by atoms with Crippen molar-refractivity contribution >= 4 is 26.9 Å². The molecule has 0 N–H and O–H groups in total. The number of fused-ring (bicyclic) bond motifs is 1. The Morgan fingerprint density at radius 2 is 1.58 bits per heavy atom. The van der Waals surface area contributed by atoms with Gasteiger partial charge in [-0.25, -0.2) is 4.79 Å². The van der Waals surface area contributed by atoms with Crippen molar-refractivity contribution in [1.82, 2.24) is 9.80 Å². The van der Waals surface area contributed by atoms with Crippen molar-refractivity contribution < 1.29 is 4.42 Å². The monoisotopic (exact) mass is 412 g/mol. The first-order chi connectivity index (χ1) is 12.7. The lowest BCUT2D eigenvalue weighted by Gasteiger charge is -2.34. The standard InChI is InChI=1S/C21H21BrN2O2/c22-18-6-7-19-17(12-21(25)26-20(19)13-18)15-24-10-8-23(9-11-24)14-16-4-2-1-3-5-16/h1-7,12-13H,8-11,14-15H2. The maximum absolute atomic E-state index is 11.9. The zero-order valence-electron chi connectivity index (χ0n) is 14.5. The van der Waals surface area contributed by atoms with Gasteiger partial charge in [-0.3, -0.25) is 9.80 Å². The first-order valence-corrected chi connectivity index (χ1v) is 9.67. The summed E-state index contributed by atoms with van der Waals surface area (Å²) in [5.74, 6) is 0. The lowest BCUT2D eigenvalue weighted by molar-refractivity contribution is 0.122. The molecular formula is C21H21BrN2O2. The van der Waals surface area contributed by atoms with E-state index in [1.165, 1.54) is 5.56 Å².